The minimum absolute atomic E-state index is 1.07. The first-order valence-corrected chi connectivity index (χ1v) is 5.27. The molecule has 2 rings (SSSR count). The zero-order valence-electron chi connectivity index (χ0n) is 9.25. The van der Waals surface area contributed by atoms with E-state index >= 15 is 0 Å². The fraction of sp³-hybridized carbons (Fsp3) is 0.286. The van der Waals surface area contributed by atoms with Crippen LogP contribution in [0.15, 0.2) is 59.3 Å². The molecule has 0 amide bonds. The quantitative estimate of drug-likeness (QED) is 0.528. The lowest BCUT2D eigenvalue weighted by molar-refractivity contribution is 1.22. The first kappa shape index (κ1) is 10.8. The number of fused-ring (bicyclic) bond motifs is 2. The van der Waals surface area contributed by atoms with Crippen molar-refractivity contribution in [2.24, 2.45) is 0 Å². The van der Waals surface area contributed by atoms with Crippen molar-refractivity contribution in [2.75, 3.05) is 0 Å². The Morgan fingerprint density at radius 2 is 1.57 bits per heavy atom. The predicted octanol–water partition coefficient (Wildman–Crippen LogP) is 4.34. The SMILES string of the molecule is CC.CC1=CC2=CC=CC=C(C=C1)C2. The minimum atomic E-state index is 1.07. The summed E-state index contributed by atoms with van der Waals surface area (Å²) in [5.74, 6) is 0. The van der Waals surface area contributed by atoms with Gasteiger partial charge in [-0.25, -0.2) is 0 Å². The summed E-state index contributed by atoms with van der Waals surface area (Å²) in [6, 6.07) is 0. The van der Waals surface area contributed by atoms with Crippen LogP contribution in [-0.2, 0) is 0 Å². The third-order valence-corrected chi connectivity index (χ3v) is 2.11. The van der Waals surface area contributed by atoms with Gasteiger partial charge >= 0.3 is 0 Å². The lowest BCUT2D eigenvalue weighted by Gasteiger charge is -1.97. The molecule has 2 bridgehead atoms. The summed E-state index contributed by atoms with van der Waals surface area (Å²) in [7, 11) is 0. The average molecular weight is 186 g/mol. The van der Waals surface area contributed by atoms with E-state index in [0.717, 1.165) is 6.42 Å². The van der Waals surface area contributed by atoms with Gasteiger partial charge in [0.15, 0.2) is 0 Å². The Balaban J connectivity index is 0.000000461. The molecule has 0 N–H and O–H groups in total. The van der Waals surface area contributed by atoms with Crippen LogP contribution >= 0.6 is 0 Å². The van der Waals surface area contributed by atoms with Crippen molar-refractivity contribution in [1.29, 1.82) is 0 Å². The van der Waals surface area contributed by atoms with Gasteiger partial charge in [0.05, 0.1) is 0 Å². The largest absolute Gasteiger partial charge is 0.0683 e. The molecule has 0 nitrogen and oxygen atoms in total. The molecule has 74 valence electrons. The Kier molecular flexibility index (Phi) is 4.18. The van der Waals surface area contributed by atoms with Crippen LogP contribution in [0.4, 0.5) is 0 Å². The Hall–Kier alpha value is -1.30. The average Bonchev–Trinajstić information content (AvgIpc) is 2.53. The summed E-state index contributed by atoms with van der Waals surface area (Å²) in [5, 5.41) is 0. The Morgan fingerprint density at radius 1 is 0.929 bits per heavy atom. The number of hydrogen-bond acceptors (Lipinski definition) is 0. The molecule has 2 aliphatic rings. The zero-order valence-corrected chi connectivity index (χ0v) is 9.25. The summed E-state index contributed by atoms with van der Waals surface area (Å²) in [6.45, 7) is 6.14. The molecule has 0 saturated carbocycles. The summed E-state index contributed by atoms with van der Waals surface area (Å²) in [6.07, 6.45) is 16.2. The van der Waals surface area contributed by atoms with Gasteiger partial charge < -0.3 is 0 Å². The van der Waals surface area contributed by atoms with Gasteiger partial charge in [0.25, 0.3) is 0 Å². The molecular weight excluding hydrogens is 168 g/mol. The van der Waals surface area contributed by atoms with Crippen LogP contribution in [0.25, 0.3) is 0 Å². The van der Waals surface area contributed by atoms with Crippen molar-refractivity contribution < 1.29 is 0 Å². The van der Waals surface area contributed by atoms with Crippen LogP contribution in [-0.4, -0.2) is 0 Å². The van der Waals surface area contributed by atoms with E-state index in [1.165, 1.54) is 16.7 Å². The van der Waals surface area contributed by atoms with Crippen molar-refractivity contribution in [3.8, 4) is 0 Å². The third kappa shape index (κ3) is 2.88. The summed E-state index contributed by atoms with van der Waals surface area (Å²) >= 11 is 0. The first-order chi connectivity index (χ1) is 6.84. The number of allylic oxidation sites excluding steroid dienone is 10. The maximum atomic E-state index is 2.24. The van der Waals surface area contributed by atoms with E-state index in [1.807, 2.05) is 13.8 Å². The maximum Gasteiger partial charge on any atom is -0.00257 e. The van der Waals surface area contributed by atoms with Crippen molar-refractivity contribution in [1.82, 2.24) is 0 Å². The Labute approximate surface area is 87.0 Å². The Bertz CT molecular complexity index is 333. The molecule has 0 atom stereocenters. The molecule has 2 aliphatic carbocycles. The molecule has 0 aromatic rings. The maximum absolute atomic E-state index is 2.24. The van der Waals surface area contributed by atoms with Gasteiger partial charge in [-0.05, 0) is 24.5 Å². The predicted molar refractivity (Wildman–Crippen MR) is 64.2 cm³/mol. The summed E-state index contributed by atoms with van der Waals surface area (Å²) < 4.78 is 0. The summed E-state index contributed by atoms with van der Waals surface area (Å²) in [4.78, 5) is 0. The molecule has 0 aromatic carbocycles. The van der Waals surface area contributed by atoms with E-state index in [4.69, 9.17) is 0 Å². The molecular formula is C14H18. The van der Waals surface area contributed by atoms with E-state index in [1.54, 1.807) is 0 Å². The van der Waals surface area contributed by atoms with Crippen LogP contribution in [0, 0.1) is 0 Å². The van der Waals surface area contributed by atoms with E-state index in [2.05, 4.69) is 49.5 Å². The van der Waals surface area contributed by atoms with Crippen LogP contribution in [0.3, 0.4) is 0 Å². The number of hydrogen-bond donors (Lipinski definition) is 0. The zero-order chi connectivity index (χ0) is 10.4. The van der Waals surface area contributed by atoms with Crippen molar-refractivity contribution >= 4 is 0 Å². The topological polar surface area (TPSA) is 0 Å². The molecule has 0 aromatic heterocycles. The van der Waals surface area contributed by atoms with Crippen molar-refractivity contribution in [3.63, 3.8) is 0 Å². The fourth-order valence-corrected chi connectivity index (χ4v) is 1.50. The molecule has 0 heterocycles. The normalized spacial score (nSPS) is 18.1. The van der Waals surface area contributed by atoms with Gasteiger partial charge in [-0.3, -0.25) is 0 Å². The lowest BCUT2D eigenvalue weighted by atomic mass is 10.1. The minimum Gasteiger partial charge on any atom is -0.0683 e. The lowest BCUT2D eigenvalue weighted by Crippen LogP contribution is -1.78. The molecule has 0 spiro atoms. The molecule has 0 heteroatoms. The fourth-order valence-electron chi connectivity index (χ4n) is 1.50. The second-order valence-electron chi connectivity index (χ2n) is 3.27. The van der Waals surface area contributed by atoms with E-state index in [-0.39, 0.29) is 0 Å². The highest BCUT2D eigenvalue weighted by atomic mass is 14.1. The van der Waals surface area contributed by atoms with E-state index < -0.39 is 0 Å². The van der Waals surface area contributed by atoms with Crippen LogP contribution < -0.4 is 0 Å². The molecule has 0 unspecified atom stereocenters. The first-order valence-electron chi connectivity index (χ1n) is 5.27. The molecule has 0 radical (unpaired) electrons. The van der Waals surface area contributed by atoms with Gasteiger partial charge in [0.2, 0.25) is 0 Å². The Morgan fingerprint density at radius 3 is 2.29 bits per heavy atom. The van der Waals surface area contributed by atoms with E-state index in [0.29, 0.717) is 0 Å². The molecule has 14 heavy (non-hydrogen) atoms. The highest BCUT2D eigenvalue weighted by molar-refractivity contribution is 5.45. The van der Waals surface area contributed by atoms with Gasteiger partial charge in [-0.15, -0.1) is 0 Å². The van der Waals surface area contributed by atoms with E-state index in [9.17, 15) is 0 Å². The standard InChI is InChI=1S/C12H12.C2H6/c1-10-6-7-11-4-2-3-5-12(8-10)9-11;1-2/h2-8H,9H2,1H3;1-2H3. The molecule has 0 saturated heterocycles. The summed E-state index contributed by atoms with van der Waals surface area (Å²) in [5.41, 5.74) is 4.13. The molecule has 0 aliphatic heterocycles. The van der Waals surface area contributed by atoms with Crippen LogP contribution in [0.1, 0.15) is 27.2 Å². The van der Waals surface area contributed by atoms with Gasteiger partial charge in [0, 0.05) is 0 Å². The highest BCUT2D eigenvalue weighted by Crippen LogP contribution is 2.22. The van der Waals surface area contributed by atoms with Crippen LogP contribution in [0.2, 0.25) is 0 Å². The van der Waals surface area contributed by atoms with Crippen molar-refractivity contribution in [2.45, 2.75) is 27.2 Å². The smallest absolute Gasteiger partial charge is 0.00257 e. The second-order valence-corrected chi connectivity index (χ2v) is 3.27. The van der Waals surface area contributed by atoms with Gasteiger partial charge in [0.1, 0.15) is 0 Å². The number of rotatable bonds is 0. The van der Waals surface area contributed by atoms with Crippen molar-refractivity contribution in [3.05, 3.63) is 59.3 Å². The second kappa shape index (κ2) is 5.43. The molecule has 0 fully saturated rings. The van der Waals surface area contributed by atoms with Gasteiger partial charge in [-0.1, -0.05) is 62.0 Å². The highest BCUT2D eigenvalue weighted by Gasteiger charge is 2.02. The van der Waals surface area contributed by atoms with Crippen LogP contribution in [0.5, 0.6) is 0 Å². The van der Waals surface area contributed by atoms with Gasteiger partial charge in [-0.2, -0.15) is 0 Å². The monoisotopic (exact) mass is 186 g/mol. The third-order valence-electron chi connectivity index (χ3n) is 2.11.